The average molecular weight is 181 g/mol. The van der Waals surface area contributed by atoms with E-state index in [1.54, 1.807) is 0 Å². The molecule has 0 radical (unpaired) electrons. The van der Waals surface area contributed by atoms with Crippen LogP contribution in [0.1, 0.15) is 18.9 Å². The molecule has 0 bridgehead atoms. The van der Waals surface area contributed by atoms with Gasteiger partial charge in [0.25, 0.3) is 0 Å². The molecule has 72 valence electrons. The Hall–Kier alpha value is -1.32. The summed E-state index contributed by atoms with van der Waals surface area (Å²) in [6, 6.07) is 0. The fraction of sp³-hybridized carbons (Fsp3) is 0.556. The van der Waals surface area contributed by atoms with Crippen LogP contribution in [-0.4, -0.2) is 23.6 Å². The van der Waals surface area contributed by atoms with E-state index < -0.39 is 0 Å². The van der Waals surface area contributed by atoms with Gasteiger partial charge in [-0.15, -0.1) is 0 Å². The van der Waals surface area contributed by atoms with Crippen LogP contribution in [-0.2, 0) is 0 Å². The molecular weight excluding hydrogens is 166 g/mol. The summed E-state index contributed by atoms with van der Waals surface area (Å²) in [5.41, 5.74) is 0.957. The zero-order valence-corrected chi connectivity index (χ0v) is 8.29. The van der Waals surface area contributed by atoms with E-state index in [0.29, 0.717) is 12.5 Å². The standard InChI is InChI=1S/C9H15N3O/c1-4-5-13-9-7(2)8(10-3)11-6-12-9/h6H,4-5H2,1-3H3,(H,10,11,12). The second-order valence-electron chi connectivity index (χ2n) is 2.75. The number of hydrogen-bond donors (Lipinski definition) is 1. The molecule has 1 N–H and O–H groups in total. The number of hydrogen-bond acceptors (Lipinski definition) is 4. The van der Waals surface area contributed by atoms with Gasteiger partial charge in [0.05, 0.1) is 12.2 Å². The molecule has 4 heteroatoms. The minimum absolute atomic E-state index is 0.668. The fourth-order valence-electron chi connectivity index (χ4n) is 1.03. The Balaban J connectivity index is 2.81. The molecule has 1 aromatic rings. The molecular formula is C9H15N3O. The van der Waals surface area contributed by atoms with E-state index in [9.17, 15) is 0 Å². The molecule has 0 atom stereocenters. The highest BCUT2D eigenvalue weighted by Gasteiger charge is 2.05. The fourth-order valence-corrected chi connectivity index (χ4v) is 1.03. The molecule has 0 unspecified atom stereocenters. The third kappa shape index (κ3) is 2.31. The van der Waals surface area contributed by atoms with Gasteiger partial charge in [0.2, 0.25) is 5.88 Å². The number of nitrogens with zero attached hydrogens (tertiary/aromatic N) is 2. The van der Waals surface area contributed by atoms with Gasteiger partial charge in [-0.2, -0.15) is 0 Å². The van der Waals surface area contributed by atoms with Crippen molar-refractivity contribution >= 4 is 5.82 Å². The maximum absolute atomic E-state index is 5.44. The Morgan fingerprint density at radius 1 is 1.46 bits per heavy atom. The number of nitrogens with one attached hydrogen (secondary N) is 1. The van der Waals surface area contributed by atoms with Gasteiger partial charge in [0, 0.05) is 7.05 Å². The zero-order valence-electron chi connectivity index (χ0n) is 8.29. The van der Waals surface area contributed by atoms with E-state index in [0.717, 1.165) is 17.8 Å². The van der Waals surface area contributed by atoms with Crippen molar-refractivity contribution in [3.63, 3.8) is 0 Å². The van der Waals surface area contributed by atoms with Crippen molar-refractivity contribution in [2.75, 3.05) is 19.0 Å². The Morgan fingerprint density at radius 3 is 2.85 bits per heavy atom. The first-order chi connectivity index (χ1) is 6.29. The quantitative estimate of drug-likeness (QED) is 0.766. The van der Waals surface area contributed by atoms with E-state index in [2.05, 4.69) is 22.2 Å². The van der Waals surface area contributed by atoms with Crippen molar-refractivity contribution in [2.24, 2.45) is 0 Å². The molecule has 0 saturated heterocycles. The average Bonchev–Trinajstić information content (AvgIpc) is 2.16. The maximum atomic E-state index is 5.44. The van der Waals surface area contributed by atoms with Crippen LogP contribution in [0.3, 0.4) is 0 Å². The van der Waals surface area contributed by atoms with Gasteiger partial charge in [-0.25, -0.2) is 9.97 Å². The van der Waals surface area contributed by atoms with E-state index in [1.165, 1.54) is 6.33 Å². The maximum Gasteiger partial charge on any atom is 0.221 e. The minimum atomic E-state index is 0.668. The number of aromatic nitrogens is 2. The molecule has 0 aliphatic carbocycles. The number of rotatable bonds is 4. The van der Waals surface area contributed by atoms with E-state index >= 15 is 0 Å². The summed E-state index contributed by atoms with van der Waals surface area (Å²) in [7, 11) is 1.83. The minimum Gasteiger partial charge on any atom is -0.477 e. The summed E-state index contributed by atoms with van der Waals surface area (Å²) in [6.07, 6.45) is 2.49. The molecule has 4 nitrogen and oxygen atoms in total. The van der Waals surface area contributed by atoms with Gasteiger partial charge in [-0.05, 0) is 13.3 Å². The van der Waals surface area contributed by atoms with Crippen LogP contribution in [0.4, 0.5) is 5.82 Å². The molecule has 0 aliphatic heterocycles. The SMILES string of the molecule is CCCOc1ncnc(NC)c1C. The van der Waals surface area contributed by atoms with Crippen molar-refractivity contribution < 1.29 is 4.74 Å². The van der Waals surface area contributed by atoms with Crippen molar-refractivity contribution in [3.8, 4) is 5.88 Å². The highest BCUT2D eigenvalue weighted by molar-refractivity contribution is 5.46. The second kappa shape index (κ2) is 4.64. The Kier molecular flexibility index (Phi) is 3.49. The Morgan fingerprint density at radius 2 is 2.23 bits per heavy atom. The molecule has 0 amide bonds. The van der Waals surface area contributed by atoms with Gasteiger partial charge < -0.3 is 10.1 Å². The molecule has 13 heavy (non-hydrogen) atoms. The van der Waals surface area contributed by atoms with Gasteiger partial charge >= 0.3 is 0 Å². The van der Waals surface area contributed by atoms with Crippen LogP contribution in [0.5, 0.6) is 5.88 Å². The lowest BCUT2D eigenvalue weighted by Crippen LogP contribution is -2.03. The Labute approximate surface area is 78.4 Å². The highest BCUT2D eigenvalue weighted by Crippen LogP contribution is 2.19. The van der Waals surface area contributed by atoms with Gasteiger partial charge in [-0.1, -0.05) is 6.92 Å². The largest absolute Gasteiger partial charge is 0.477 e. The van der Waals surface area contributed by atoms with Crippen molar-refractivity contribution in [3.05, 3.63) is 11.9 Å². The molecule has 1 heterocycles. The summed E-state index contributed by atoms with van der Waals surface area (Å²) >= 11 is 0. The van der Waals surface area contributed by atoms with Crippen molar-refractivity contribution in [2.45, 2.75) is 20.3 Å². The van der Waals surface area contributed by atoms with Crippen LogP contribution in [0.25, 0.3) is 0 Å². The van der Waals surface area contributed by atoms with Crippen molar-refractivity contribution in [1.29, 1.82) is 0 Å². The lowest BCUT2D eigenvalue weighted by Gasteiger charge is -2.08. The predicted molar refractivity (Wildman–Crippen MR) is 52.1 cm³/mol. The first-order valence-electron chi connectivity index (χ1n) is 4.41. The van der Waals surface area contributed by atoms with Crippen LogP contribution in [0.2, 0.25) is 0 Å². The monoisotopic (exact) mass is 181 g/mol. The number of anilines is 1. The lowest BCUT2D eigenvalue weighted by atomic mass is 10.3. The third-order valence-corrected chi connectivity index (χ3v) is 1.72. The second-order valence-corrected chi connectivity index (χ2v) is 2.75. The van der Waals surface area contributed by atoms with Gasteiger partial charge in [0.15, 0.2) is 0 Å². The molecule has 0 aromatic carbocycles. The Bertz CT molecular complexity index is 276. The molecule has 1 rings (SSSR count). The summed E-state index contributed by atoms with van der Waals surface area (Å²) in [5, 5.41) is 2.98. The third-order valence-electron chi connectivity index (χ3n) is 1.72. The van der Waals surface area contributed by atoms with Crippen LogP contribution in [0, 0.1) is 6.92 Å². The topological polar surface area (TPSA) is 47.0 Å². The van der Waals surface area contributed by atoms with E-state index in [1.807, 2.05) is 14.0 Å². The normalized spacial score (nSPS) is 9.77. The van der Waals surface area contributed by atoms with Crippen LogP contribution >= 0.6 is 0 Å². The van der Waals surface area contributed by atoms with Crippen LogP contribution in [0.15, 0.2) is 6.33 Å². The van der Waals surface area contributed by atoms with Crippen molar-refractivity contribution in [1.82, 2.24) is 9.97 Å². The molecule has 0 spiro atoms. The predicted octanol–water partition coefficient (Wildman–Crippen LogP) is 1.62. The molecule has 0 fully saturated rings. The van der Waals surface area contributed by atoms with E-state index in [4.69, 9.17) is 4.74 Å². The first kappa shape index (κ1) is 9.77. The zero-order chi connectivity index (χ0) is 9.68. The highest BCUT2D eigenvalue weighted by atomic mass is 16.5. The molecule has 0 aliphatic rings. The van der Waals surface area contributed by atoms with Crippen LogP contribution < -0.4 is 10.1 Å². The van der Waals surface area contributed by atoms with Gasteiger partial charge in [-0.3, -0.25) is 0 Å². The lowest BCUT2D eigenvalue weighted by molar-refractivity contribution is 0.302. The first-order valence-corrected chi connectivity index (χ1v) is 4.41. The summed E-state index contributed by atoms with van der Waals surface area (Å²) in [6.45, 7) is 4.70. The van der Waals surface area contributed by atoms with E-state index in [-0.39, 0.29) is 0 Å². The van der Waals surface area contributed by atoms with Gasteiger partial charge in [0.1, 0.15) is 12.1 Å². The number of ether oxygens (including phenoxy) is 1. The molecule has 0 saturated carbocycles. The molecule has 1 aromatic heterocycles. The summed E-state index contributed by atoms with van der Waals surface area (Å²) in [5.74, 6) is 1.49. The summed E-state index contributed by atoms with van der Waals surface area (Å²) in [4.78, 5) is 8.11. The summed E-state index contributed by atoms with van der Waals surface area (Å²) < 4.78 is 5.44. The smallest absolute Gasteiger partial charge is 0.221 e.